The third kappa shape index (κ3) is 5.33. The fourth-order valence-electron chi connectivity index (χ4n) is 4.37. The normalized spacial score (nSPS) is 15.4. The van der Waals surface area contributed by atoms with E-state index in [1.807, 2.05) is 54.1 Å². The van der Waals surface area contributed by atoms with Crippen LogP contribution in [0, 0.1) is 25.2 Å². The summed E-state index contributed by atoms with van der Waals surface area (Å²) in [6.45, 7) is 6.25. The van der Waals surface area contributed by atoms with Gasteiger partial charge in [0.15, 0.2) is 0 Å². The first-order chi connectivity index (χ1) is 16.5. The SMILES string of the molecule is COc1ccc(-n2c(C)c(C)c(C#N)c2NC(=O)CN(Cc2cccs2)CC2CCCO2)cc1. The van der Waals surface area contributed by atoms with E-state index in [-0.39, 0.29) is 18.6 Å². The van der Waals surface area contributed by atoms with Gasteiger partial charge < -0.3 is 14.8 Å². The fourth-order valence-corrected chi connectivity index (χ4v) is 5.12. The third-order valence-electron chi connectivity index (χ3n) is 6.23. The van der Waals surface area contributed by atoms with Gasteiger partial charge in [-0.25, -0.2) is 0 Å². The summed E-state index contributed by atoms with van der Waals surface area (Å²) >= 11 is 1.68. The number of nitrogens with one attached hydrogen (secondary N) is 1. The van der Waals surface area contributed by atoms with Crippen LogP contribution in [0.4, 0.5) is 5.82 Å². The van der Waals surface area contributed by atoms with E-state index >= 15 is 0 Å². The van der Waals surface area contributed by atoms with Crippen LogP contribution >= 0.6 is 11.3 Å². The minimum absolute atomic E-state index is 0.148. The average molecular weight is 479 g/mol. The molecule has 1 fully saturated rings. The van der Waals surface area contributed by atoms with Crippen molar-refractivity contribution >= 4 is 23.1 Å². The van der Waals surface area contributed by atoms with Gasteiger partial charge in [0, 0.05) is 36.0 Å². The summed E-state index contributed by atoms with van der Waals surface area (Å²) in [4.78, 5) is 16.6. The van der Waals surface area contributed by atoms with Crippen LogP contribution in [0.2, 0.25) is 0 Å². The summed E-state index contributed by atoms with van der Waals surface area (Å²) in [6, 6.07) is 14.0. The van der Waals surface area contributed by atoms with E-state index < -0.39 is 0 Å². The molecule has 7 nitrogen and oxygen atoms in total. The molecule has 4 rings (SSSR count). The number of nitriles is 1. The quantitative estimate of drug-likeness (QED) is 0.484. The highest BCUT2D eigenvalue weighted by Crippen LogP contribution is 2.31. The second-order valence-electron chi connectivity index (χ2n) is 8.51. The van der Waals surface area contributed by atoms with E-state index in [0.29, 0.717) is 24.5 Å². The van der Waals surface area contributed by atoms with Gasteiger partial charge in [0.05, 0.1) is 25.3 Å². The van der Waals surface area contributed by atoms with Crippen LogP contribution in [-0.4, -0.2) is 48.3 Å². The van der Waals surface area contributed by atoms with Crippen molar-refractivity contribution in [1.82, 2.24) is 9.47 Å². The minimum atomic E-state index is -0.154. The summed E-state index contributed by atoms with van der Waals surface area (Å²) < 4.78 is 13.0. The van der Waals surface area contributed by atoms with Crippen molar-refractivity contribution in [2.45, 2.75) is 39.3 Å². The van der Waals surface area contributed by atoms with Crippen molar-refractivity contribution in [1.29, 1.82) is 5.26 Å². The number of anilines is 1. The lowest BCUT2D eigenvalue weighted by Gasteiger charge is -2.24. The number of benzene rings is 1. The predicted octanol–water partition coefficient (Wildman–Crippen LogP) is 4.66. The van der Waals surface area contributed by atoms with Crippen LogP contribution < -0.4 is 10.1 Å². The Labute approximate surface area is 204 Å². The lowest BCUT2D eigenvalue weighted by Crippen LogP contribution is -2.38. The van der Waals surface area contributed by atoms with Gasteiger partial charge in [-0.1, -0.05) is 6.07 Å². The number of aromatic nitrogens is 1. The molecule has 2 aromatic heterocycles. The minimum Gasteiger partial charge on any atom is -0.497 e. The molecule has 1 aliphatic heterocycles. The van der Waals surface area contributed by atoms with Gasteiger partial charge in [-0.15, -0.1) is 11.3 Å². The Morgan fingerprint density at radius 1 is 1.32 bits per heavy atom. The maximum Gasteiger partial charge on any atom is 0.239 e. The highest BCUT2D eigenvalue weighted by atomic mass is 32.1. The van der Waals surface area contributed by atoms with E-state index in [1.54, 1.807) is 18.4 Å². The topological polar surface area (TPSA) is 79.5 Å². The maximum atomic E-state index is 13.3. The van der Waals surface area contributed by atoms with Crippen molar-refractivity contribution in [3.8, 4) is 17.5 Å². The lowest BCUT2D eigenvalue weighted by atomic mass is 10.2. The lowest BCUT2D eigenvalue weighted by molar-refractivity contribution is -0.117. The predicted molar refractivity (Wildman–Crippen MR) is 134 cm³/mol. The molecule has 1 N–H and O–H groups in total. The molecule has 0 radical (unpaired) electrons. The number of ether oxygens (including phenoxy) is 2. The van der Waals surface area contributed by atoms with Crippen molar-refractivity contribution in [2.75, 3.05) is 32.1 Å². The fraction of sp³-hybridized carbons (Fsp3) is 0.385. The number of hydrogen-bond donors (Lipinski definition) is 1. The zero-order valence-electron chi connectivity index (χ0n) is 19.8. The van der Waals surface area contributed by atoms with E-state index in [9.17, 15) is 10.1 Å². The Kier molecular flexibility index (Phi) is 7.68. The van der Waals surface area contributed by atoms with E-state index in [2.05, 4.69) is 22.4 Å². The molecule has 0 saturated carbocycles. The van der Waals surface area contributed by atoms with Gasteiger partial charge in [0.2, 0.25) is 5.91 Å². The summed E-state index contributed by atoms with van der Waals surface area (Å²) in [7, 11) is 1.62. The first kappa shape index (κ1) is 24.0. The van der Waals surface area contributed by atoms with Gasteiger partial charge >= 0.3 is 0 Å². The molecule has 0 aliphatic carbocycles. The van der Waals surface area contributed by atoms with Gasteiger partial charge in [0.25, 0.3) is 0 Å². The van der Waals surface area contributed by atoms with Crippen LogP contribution in [0.1, 0.15) is 34.5 Å². The van der Waals surface area contributed by atoms with Crippen LogP contribution in [0.25, 0.3) is 5.69 Å². The van der Waals surface area contributed by atoms with Crippen LogP contribution in [0.3, 0.4) is 0 Å². The number of methoxy groups -OCH3 is 1. The average Bonchev–Trinajstić information content (AvgIpc) is 3.58. The van der Waals surface area contributed by atoms with E-state index in [1.165, 1.54) is 4.88 Å². The van der Waals surface area contributed by atoms with E-state index in [4.69, 9.17) is 9.47 Å². The van der Waals surface area contributed by atoms with Crippen LogP contribution in [-0.2, 0) is 16.1 Å². The van der Waals surface area contributed by atoms with Gasteiger partial charge in [-0.05, 0) is 68.0 Å². The van der Waals surface area contributed by atoms with Crippen molar-refractivity contribution in [2.24, 2.45) is 0 Å². The number of thiophene rings is 1. The molecule has 3 heterocycles. The number of amides is 1. The van der Waals surface area contributed by atoms with E-state index in [0.717, 1.165) is 42.1 Å². The zero-order valence-corrected chi connectivity index (χ0v) is 20.7. The van der Waals surface area contributed by atoms with Crippen LogP contribution in [0.5, 0.6) is 5.75 Å². The first-order valence-corrected chi connectivity index (χ1v) is 12.3. The molecule has 1 aliphatic rings. The maximum absolute atomic E-state index is 13.3. The molecule has 1 atom stereocenters. The standard InChI is InChI=1S/C26H30N4O3S/c1-18-19(2)30(20-8-10-21(32-3)11-9-20)26(24(18)14-27)28-25(31)17-29(15-22-6-4-12-33-22)16-23-7-5-13-34-23/h5,7-11,13,22H,4,6,12,15-17H2,1-3H3,(H,28,31). The van der Waals surface area contributed by atoms with Crippen molar-refractivity contribution in [3.05, 3.63) is 63.5 Å². The molecular formula is C26H30N4O3S. The van der Waals surface area contributed by atoms with Crippen molar-refractivity contribution < 1.29 is 14.3 Å². The Balaban J connectivity index is 1.57. The molecule has 1 unspecified atom stereocenters. The Bertz CT molecular complexity index is 1160. The highest BCUT2D eigenvalue weighted by Gasteiger charge is 2.24. The summed E-state index contributed by atoms with van der Waals surface area (Å²) in [5.41, 5.74) is 3.09. The number of rotatable bonds is 9. The Morgan fingerprint density at radius 3 is 2.74 bits per heavy atom. The number of nitrogens with zero attached hydrogens (tertiary/aromatic N) is 3. The number of hydrogen-bond acceptors (Lipinski definition) is 6. The molecule has 1 saturated heterocycles. The summed E-state index contributed by atoms with van der Waals surface area (Å²) in [5.74, 6) is 1.09. The molecular weight excluding hydrogens is 448 g/mol. The number of carbonyl (C=O) groups is 1. The van der Waals surface area contributed by atoms with Crippen molar-refractivity contribution in [3.63, 3.8) is 0 Å². The van der Waals surface area contributed by atoms with Gasteiger partial charge in [-0.3, -0.25) is 14.3 Å². The summed E-state index contributed by atoms with van der Waals surface area (Å²) in [6.07, 6.45) is 2.22. The molecule has 1 amide bonds. The zero-order chi connectivity index (χ0) is 24.1. The van der Waals surface area contributed by atoms with Gasteiger partial charge in [0.1, 0.15) is 17.6 Å². The molecule has 0 bridgehead atoms. The monoisotopic (exact) mass is 478 g/mol. The molecule has 178 valence electrons. The summed E-state index contributed by atoms with van der Waals surface area (Å²) in [5, 5.41) is 15.0. The largest absolute Gasteiger partial charge is 0.497 e. The molecule has 0 spiro atoms. The second-order valence-corrected chi connectivity index (χ2v) is 9.54. The molecule has 34 heavy (non-hydrogen) atoms. The smallest absolute Gasteiger partial charge is 0.239 e. The first-order valence-electron chi connectivity index (χ1n) is 11.4. The molecule has 3 aromatic rings. The van der Waals surface area contributed by atoms with Gasteiger partial charge in [-0.2, -0.15) is 5.26 Å². The molecule has 1 aromatic carbocycles. The second kappa shape index (κ2) is 10.9. The highest BCUT2D eigenvalue weighted by molar-refractivity contribution is 7.09. The van der Waals surface area contributed by atoms with Crippen LogP contribution in [0.15, 0.2) is 41.8 Å². The third-order valence-corrected chi connectivity index (χ3v) is 7.09. The number of carbonyl (C=O) groups excluding carboxylic acids is 1. The Hall–Kier alpha value is -3.12. The Morgan fingerprint density at radius 2 is 2.12 bits per heavy atom. The molecule has 8 heteroatoms.